The van der Waals surface area contributed by atoms with Gasteiger partial charge in [0, 0.05) is 13.0 Å². The Morgan fingerprint density at radius 1 is 1.50 bits per heavy atom. The van der Waals surface area contributed by atoms with E-state index >= 15 is 0 Å². The molecule has 0 radical (unpaired) electrons. The van der Waals surface area contributed by atoms with E-state index in [1.54, 1.807) is 0 Å². The first-order valence-corrected chi connectivity index (χ1v) is 2.16. The maximum Gasteiger partial charge on any atom is 1.00 e. The van der Waals surface area contributed by atoms with Crippen molar-refractivity contribution in [2.75, 3.05) is 6.54 Å². The predicted octanol–water partition coefficient (Wildman–Crippen LogP) is -3.28. The van der Waals surface area contributed by atoms with Crippen LogP contribution in [0.25, 0.3) is 0 Å². The summed E-state index contributed by atoms with van der Waals surface area (Å²) in [7, 11) is 0. The van der Waals surface area contributed by atoms with Gasteiger partial charge in [0.1, 0.15) is 0 Å². The number of hydrogen-bond acceptors (Lipinski definition) is 2. The van der Waals surface area contributed by atoms with Gasteiger partial charge in [0.25, 0.3) is 0 Å². The Bertz CT molecular complexity index is 68.4. The van der Waals surface area contributed by atoms with Gasteiger partial charge in [-0.05, 0) is 6.42 Å². The van der Waals surface area contributed by atoms with Gasteiger partial charge in [-0.15, -0.1) is 0 Å². The average Bonchev–Trinajstić information content (AvgIpc) is 1.86. The van der Waals surface area contributed by atoms with Crippen molar-refractivity contribution in [3.05, 3.63) is 0 Å². The standard InChI is InChI=1S/C4H7NO.K.H2O/c6-4-2-1-3-5-4;;/h1-3H2,(H,5,6);;1H2/q;+1;/p-1. The van der Waals surface area contributed by atoms with Gasteiger partial charge in [0.15, 0.2) is 0 Å². The van der Waals surface area contributed by atoms with Crippen molar-refractivity contribution in [2.24, 2.45) is 0 Å². The van der Waals surface area contributed by atoms with Crippen LogP contribution >= 0.6 is 0 Å². The molecule has 1 rings (SSSR count). The first-order chi connectivity index (χ1) is 2.89. The minimum absolute atomic E-state index is 0. The summed E-state index contributed by atoms with van der Waals surface area (Å²) in [6, 6.07) is 0. The Labute approximate surface area is 90.9 Å². The van der Waals surface area contributed by atoms with E-state index in [1.807, 2.05) is 0 Å². The molecule has 4 heteroatoms. The van der Waals surface area contributed by atoms with Crippen molar-refractivity contribution in [1.82, 2.24) is 5.32 Å². The van der Waals surface area contributed by atoms with Crippen LogP contribution in [0.3, 0.4) is 0 Å². The molecule has 0 atom stereocenters. The molecule has 0 bridgehead atoms. The Kier molecular flexibility index (Phi) is 9.14. The van der Waals surface area contributed by atoms with E-state index in [9.17, 15) is 4.79 Å². The quantitative estimate of drug-likeness (QED) is 0.360. The topological polar surface area (TPSA) is 59.1 Å². The Hall–Kier alpha value is 1.07. The summed E-state index contributed by atoms with van der Waals surface area (Å²) in [6.07, 6.45) is 1.76. The molecule has 0 aliphatic carbocycles. The van der Waals surface area contributed by atoms with Crippen LogP contribution in [0.4, 0.5) is 0 Å². The fourth-order valence-corrected chi connectivity index (χ4v) is 0.565. The third-order valence-electron chi connectivity index (χ3n) is 0.903. The van der Waals surface area contributed by atoms with Gasteiger partial charge in [0.05, 0.1) is 0 Å². The summed E-state index contributed by atoms with van der Waals surface area (Å²) in [6.45, 7) is 0.888. The number of carbonyl (C=O) groups excluding carboxylic acids is 1. The molecule has 0 spiro atoms. The van der Waals surface area contributed by atoms with Gasteiger partial charge >= 0.3 is 51.4 Å². The van der Waals surface area contributed by atoms with Crippen LogP contribution in [0.5, 0.6) is 0 Å². The third kappa shape index (κ3) is 4.00. The Morgan fingerprint density at radius 2 is 2.12 bits per heavy atom. The van der Waals surface area contributed by atoms with E-state index in [4.69, 9.17) is 0 Å². The minimum atomic E-state index is 0. The second-order valence-corrected chi connectivity index (χ2v) is 1.45. The predicted molar refractivity (Wildman–Crippen MR) is 24.2 cm³/mol. The molecule has 1 amide bonds. The van der Waals surface area contributed by atoms with Crippen LogP contribution in [0.15, 0.2) is 0 Å². The minimum Gasteiger partial charge on any atom is -0.870 e. The van der Waals surface area contributed by atoms with Gasteiger partial charge in [-0.25, -0.2) is 0 Å². The van der Waals surface area contributed by atoms with Crippen molar-refractivity contribution in [1.29, 1.82) is 0 Å². The van der Waals surface area contributed by atoms with Crippen LogP contribution in [-0.4, -0.2) is 17.9 Å². The number of rotatable bonds is 0. The number of carbonyl (C=O) groups is 1. The van der Waals surface area contributed by atoms with Gasteiger partial charge < -0.3 is 10.8 Å². The van der Waals surface area contributed by atoms with E-state index in [1.165, 1.54) is 0 Å². The van der Waals surface area contributed by atoms with Crippen molar-refractivity contribution in [3.63, 3.8) is 0 Å². The van der Waals surface area contributed by atoms with Crippen LogP contribution in [0, 0.1) is 0 Å². The molecule has 2 N–H and O–H groups in total. The van der Waals surface area contributed by atoms with E-state index < -0.39 is 0 Å². The van der Waals surface area contributed by atoms with Crippen LogP contribution in [0.1, 0.15) is 12.8 Å². The maximum absolute atomic E-state index is 10.1. The summed E-state index contributed by atoms with van der Waals surface area (Å²) in [4.78, 5) is 10.1. The molecule has 0 aromatic heterocycles. The van der Waals surface area contributed by atoms with Crippen molar-refractivity contribution in [2.45, 2.75) is 12.8 Å². The largest absolute Gasteiger partial charge is 1.00 e. The normalized spacial score (nSPS) is 15.8. The smallest absolute Gasteiger partial charge is 0.870 e. The van der Waals surface area contributed by atoms with Crippen molar-refractivity contribution in [3.8, 4) is 0 Å². The average molecular weight is 141 g/mol. The van der Waals surface area contributed by atoms with E-state index in [0.29, 0.717) is 0 Å². The summed E-state index contributed by atoms with van der Waals surface area (Å²) in [5.74, 6) is 0.204. The third-order valence-corrected chi connectivity index (χ3v) is 0.903. The van der Waals surface area contributed by atoms with Gasteiger partial charge in [-0.2, -0.15) is 0 Å². The molecule has 0 unspecified atom stereocenters. The zero-order valence-corrected chi connectivity index (χ0v) is 8.10. The summed E-state index contributed by atoms with van der Waals surface area (Å²) in [5, 5.41) is 2.68. The first-order valence-electron chi connectivity index (χ1n) is 2.16. The molecule has 1 aliphatic heterocycles. The molecular formula is C4H8KNO2. The molecular weight excluding hydrogens is 133 g/mol. The van der Waals surface area contributed by atoms with E-state index in [2.05, 4.69) is 5.32 Å². The summed E-state index contributed by atoms with van der Waals surface area (Å²) >= 11 is 0. The Morgan fingerprint density at radius 3 is 2.25 bits per heavy atom. The molecule has 1 aliphatic rings. The molecule has 1 fully saturated rings. The molecule has 8 heavy (non-hydrogen) atoms. The van der Waals surface area contributed by atoms with E-state index in [-0.39, 0.29) is 62.8 Å². The van der Waals surface area contributed by atoms with Crippen LogP contribution < -0.4 is 56.7 Å². The first kappa shape index (κ1) is 11.8. The second-order valence-electron chi connectivity index (χ2n) is 1.45. The monoisotopic (exact) mass is 141 g/mol. The zero-order valence-electron chi connectivity index (χ0n) is 4.98. The molecule has 1 saturated heterocycles. The zero-order chi connectivity index (χ0) is 4.41. The van der Waals surface area contributed by atoms with Crippen LogP contribution in [0.2, 0.25) is 0 Å². The van der Waals surface area contributed by atoms with Crippen molar-refractivity contribution < 1.29 is 61.7 Å². The van der Waals surface area contributed by atoms with Gasteiger partial charge in [-0.1, -0.05) is 0 Å². The van der Waals surface area contributed by atoms with E-state index in [0.717, 1.165) is 19.4 Å². The Balaban J connectivity index is 0. The molecule has 0 aromatic carbocycles. The molecule has 3 nitrogen and oxygen atoms in total. The number of nitrogens with one attached hydrogen (secondary N) is 1. The molecule has 0 aromatic rings. The van der Waals surface area contributed by atoms with Crippen LogP contribution in [-0.2, 0) is 4.79 Å². The van der Waals surface area contributed by atoms with Gasteiger partial charge in [0.2, 0.25) is 5.91 Å². The van der Waals surface area contributed by atoms with Crippen molar-refractivity contribution >= 4 is 5.91 Å². The molecule has 1 heterocycles. The summed E-state index contributed by atoms with van der Waals surface area (Å²) in [5.41, 5.74) is 0. The molecule has 0 saturated carbocycles. The maximum atomic E-state index is 10.1. The summed E-state index contributed by atoms with van der Waals surface area (Å²) < 4.78 is 0. The fourth-order valence-electron chi connectivity index (χ4n) is 0.565. The molecule has 42 valence electrons. The number of hydrogen-bond donors (Lipinski definition) is 1. The van der Waals surface area contributed by atoms with Gasteiger partial charge in [-0.3, -0.25) is 4.79 Å². The fraction of sp³-hybridized carbons (Fsp3) is 0.750. The number of amides is 1. The SMILES string of the molecule is O=C1CCCN1.[K+].[OH-]. The second kappa shape index (κ2) is 6.19.